The van der Waals surface area contributed by atoms with E-state index in [1.807, 2.05) is 53.7 Å². The summed E-state index contributed by atoms with van der Waals surface area (Å²) in [6.07, 6.45) is 10.4. The topological polar surface area (TPSA) is 121 Å². The van der Waals surface area contributed by atoms with Crippen LogP contribution < -0.4 is 15.0 Å². The first kappa shape index (κ1) is 27.0. The Balaban J connectivity index is 0.954. The van der Waals surface area contributed by atoms with Gasteiger partial charge < -0.3 is 24.6 Å². The van der Waals surface area contributed by atoms with E-state index < -0.39 is 0 Å². The van der Waals surface area contributed by atoms with Gasteiger partial charge >= 0.3 is 0 Å². The van der Waals surface area contributed by atoms with Crippen molar-refractivity contribution in [1.29, 1.82) is 5.26 Å². The zero-order valence-electron chi connectivity index (χ0n) is 24.4. The van der Waals surface area contributed by atoms with Crippen molar-refractivity contribution in [2.75, 3.05) is 44.3 Å². The lowest BCUT2D eigenvalue weighted by Gasteiger charge is -2.56. The van der Waals surface area contributed by atoms with E-state index in [0.717, 1.165) is 80.2 Å². The molecular weight excluding hydrogens is 556 g/mol. The third kappa shape index (κ3) is 4.84. The van der Waals surface area contributed by atoms with Crippen molar-refractivity contribution in [3.8, 4) is 22.9 Å². The summed E-state index contributed by atoms with van der Waals surface area (Å²) in [7, 11) is 0. The first-order valence-electron chi connectivity index (χ1n) is 15.4. The number of fused-ring (bicyclic) bond motifs is 3. The number of carbonyl (C=O) groups is 1. The minimum absolute atomic E-state index is 0.0458. The number of rotatable bonds is 8. The highest BCUT2D eigenvalue weighted by Gasteiger charge is 2.47. The Morgan fingerprint density at radius 3 is 2.75 bits per heavy atom. The maximum absolute atomic E-state index is 13.0. The number of hydrogen-bond acceptors (Lipinski definition) is 9. The lowest BCUT2D eigenvalue weighted by molar-refractivity contribution is -0.145. The van der Waals surface area contributed by atoms with Gasteiger partial charge in [-0.05, 0) is 55.5 Å². The summed E-state index contributed by atoms with van der Waals surface area (Å²) in [6, 6.07) is 14.4. The highest BCUT2D eigenvalue weighted by Crippen LogP contribution is 2.37. The van der Waals surface area contributed by atoms with Crippen LogP contribution >= 0.6 is 0 Å². The largest absolute Gasteiger partial charge is 0.492 e. The van der Waals surface area contributed by atoms with E-state index in [1.165, 1.54) is 0 Å². The molecule has 44 heavy (non-hydrogen) atoms. The number of aromatic nitrogens is 4. The molecular formula is C33H34N8O3. The highest BCUT2D eigenvalue weighted by molar-refractivity contribution is 5.85. The minimum Gasteiger partial charge on any atom is -0.492 e. The van der Waals surface area contributed by atoms with Gasteiger partial charge in [0, 0.05) is 55.4 Å². The van der Waals surface area contributed by atoms with Crippen molar-refractivity contribution in [2.24, 2.45) is 5.92 Å². The van der Waals surface area contributed by atoms with Gasteiger partial charge in [-0.2, -0.15) is 10.4 Å². The molecule has 9 heterocycles. The first-order chi connectivity index (χ1) is 21.6. The lowest BCUT2D eigenvalue weighted by Crippen LogP contribution is -2.70. The molecule has 0 saturated carbocycles. The monoisotopic (exact) mass is 590 g/mol. The number of amides is 1. The number of hydrogen-bond donors (Lipinski definition) is 1. The van der Waals surface area contributed by atoms with Gasteiger partial charge in [0.2, 0.25) is 5.91 Å². The number of pyridine rings is 3. The Morgan fingerprint density at radius 2 is 2.05 bits per heavy atom. The standard InChI is InChI=1S/C33H34N8O3/c34-13-24-15-38-40-18-28(43-8-6-22-12-33(44-19-22)20-35-21-33)11-29(32(24)40)23-4-5-30(37-14-23)39-16-26-10-27(17-39)41(26)31(42)9-25-3-1-2-7-36-25/h1-5,7,11,14-15,18,22,26-27,35H,6,8-10,12,16-17,19-21H2. The average molecular weight is 591 g/mol. The van der Waals surface area contributed by atoms with E-state index in [0.29, 0.717) is 30.3 Å². The fourth-order valence-corrected chi connectivity index (χ4v) is 7.28. The zero-order chi connectivity index (χ0) is 29.7. The summed E-state index contributed by atoms with van der Waals surface area (Å²) in [5, 5.41) is 17.5. The van der Waals surface area contributed by atoms with Crippen molar-refractivity contribution in [2.45, 2.75) is 43.4 Å². The molecule has 0 aliphatic carbocycles. The van der Waals surface area contributed by atoms with Crippen LogP contribution in [0.3, 0.4) is 0 Å². The summed E-state index contributed by atoms with van der Waals surface area (Å²) < 4.78 is 14.0. The Kier molecular flexibility index (Phi) is 6.69. The number of anilines is 1. The van der Waals surface area contributed by atoms with Crippen molar-refractivity contribution in [1.82, 2.24) is 29.8 Å². The molecule has 224 valence electrons. The van der Waals surface area contributed by atoms with Gasteiger partial charge in [0.05, 0.1) is 60.8 Å². The Labute approximate surface area is 255 Å². The first-order valence-corrected chi connectivity index (χ1v) is 15.4. The second kappa shape index (κ2) is 10.9. The second-order valence-corrected chi connectivity index (χ2v) is 12.5. The van der Waals surface area contributed by atoms with Crippen molar-refractivity contribution >= 4 is 17.2 Å². The van der Waals surface area contributed by atoms with E-state index in [2.05, 4.69) is 26.4 Å². The Hall–Kier alpha value is -4.53. The molecule has 1 amide bonds. The summed E-state index contributed by atoms with van der Waals surface area (Å²) in [5.41, 5.74) is 3.83. The molecule has 11 nitrogen and oxygen atoms in total. The number of ether oxygens (including phenoxy) is 2. The summed E-state index contributed by atoms with van der Waals surface area (Å²) in [5.74, 6) is 2.23. The van der Waals surface area contributed by atoms with Gasteiger partial charge in [-0.3, -0.25) is 9.78 Å². The van der Waals surface area contributed by atoms with Gasteiger partial charge in [0.1, 0.15) is 17.6 Å². The van der Waals surface area contributed by atoms with Crippen LogP contribution in [0.2, 0.25) is 0 Å². The third-order valence-corrected chi connectivity index (χ3v) is 9.60. The SMILES string of the molecule is N#Cc1cnn2cc(OCCC3COC4(CNC4)C3)cc(-c3ccc(N4CC5CC(C4)N5C(=O)Cc4ccccn4)nc3)c12. The van der Waals surface area contributed by atoms with E-state index >= 15 is 0 Å². The zero-order valence-corrected chi connectivity index (χ0v) is 24.4. The summed E-state index contributed by atoms with van der Waals surface area (Å²) in [6.45, 7) is 4.79. The molecule has 3 unspecified atom stereocenters. The van der Waals surface area contributed by atoms with Crippen LogP contribution in [0, 0.1) is 17.2 Å². The third-order valence-electron chi connectivity index (χ3n) is 9.60. The van der Waals surface area contributed by atoms with Crippen molar-refractivity contribution < 1.29 is 14.3 Å². The quantitative estimate of drug-likeness (QED) is 0.330. The van der Waals surface area contributed by atoms with Crippen LogP contribution in [0.4, 0.5) is 5.82 Å². The Bertz CT molecular complexity index is 1720. The summed E-state index contributed by atoms with van der Waals surface area (Å²) in [4.78, 5) is 26.4. The maximum atomic E-state index is 13.0. The average Bonchev–Trinajstić information content (AvgIpc) is 3.66. The van der Waals surface area contributed by atoms with E-state index in [1.54, 1.807) is 16.9 Å². The molecule has 5 aliphatic heterocycles. The molecule has 2 bridgehead atoms. The van der Waals surface area contributed by atoms with Crippen LogP contribution in [-0.4, -0.2) is 87.5 Å². The number of piperazine rings is 1. The molecule has 11 heteroatoms. The van der Waals surface area contributed by atoms with Crippen LogP contribution in [0.25, 0.3) is 16.6 Å². The predicted molar refractivity (Wildman–Crippen MR) is 162 cm³/mol. The Morgan fingerprint density at radius 1 is 1.16 bits per heavy atom. The molecule has 4 aromatic heterocycles. The van der Waals surface area contributed by atoms with Gasteiger partial charge in [0.15, 0.2) is 0 Å². The van der Waals surface area contributed by atoms with Gasteiger partial charge in [-0.15, -0.1) is 0 Å². The van der Waals surface area contributed by atoms with Crippen molar-refractivity contribution in [3.05, 3.63) is 72.4 Å². The normalized spacial score (nSPS) is 23.3. The highest BCUT2D eigenvalue weighted by atomic mass is 16.5. The summed E-state index contributed by atoms with van der Waals surface area (Å²) >= 11 is 0. The van der Waals surface area contributed by atoms with Gasteiger partial charge in [-0.25, -0.2) is 9.50 Å². The molecule has 0 aromatic carbocycles. The molecule has 9 rings (SSSR count). The lowest BCUT2D eigenvalue weighted by atomic mass is 9.86. The molecule has 1 N–H and O–H groups in total. The van der Waals surface area contributed by atoms with Crippen LogP contribution in [0.15, 0.2) is 61.2 Å². The van der Waals surface area contributed by atoms with E-state index in [-0.39, 0.29) is 23.6 Å². The smallest absolute Gasteiger partial charge is 0.229 e. The molecule has 4 aromatic rings. The molecule has 5 saturated heterocycles. The second-order valence-electron chi connectivity index (χ2n) is 12.5. The minimum atomic E-state index is 0.0458. The number of nitriles is 1. The van der Waals surface area contributed by atoms with E-state index in [4.69, 9.17) is 14.5 Å². The molecule has 5 aliphatic rings. The van der Waals surface area contributed by atoms with Crippen LogP contribution in [-0.2, 0) is 16.0 Å². The molecule has 5 fully saturated rings. The number of nitrogens with zero attached hydrogens (tertiary/aromatic N) is 7. The predicted octanol–water partition coefficient (Wildman–Crippen LogP) is 2.84. The molecule has 1 spiro atoms. The fourth-order valence-electron chi connectivity index (χ4n) is 7.28. The number of nitrogens with one attached hydrogen (secondary N) is 1. The van der Waals surface area contributed by atoms with Crippen molar-refractivity contribution in [3.63, 3.8) is 0 Å². The molecule has 0 radical (unpaired) electrons. The van der Waals surface area contributed by atoms with Gasteiger partial charge in [-0.1, -0.05) is 6.07 Å². The van der Waals surface area contributed by atoms with Gasteiger partial charge in [0.25, 0.3) is 0 Å². The van der Waals surface area contributed by atoms with Crippen LogP contribution in [0.1, 0.15) is 30.5 Å². The maximum Gasteiger partial charge on any atom is 0.229 e. The number of carbonyl (C=O) groups excluding carboxylic acids is 1. The van der Waals surface area contributed by atoms with E-state index in [9.17, 15) is 10.1 Å². The molecule has 3 atom stereocenters. The number of piperidine rings is 1. The fraction of sp³-hybridized carbons (Fsp3) is 0.424. The van der Waals surface area contributed by atoms with Crippen LogP contribution in [0.5, 0.6) is 5.75 Å².